The summed E-state index contributed by atoms with van der Waals surface area (Å²) in [6, 6.07) is 12.9. The molecule has 0 N–H and O–H groups in total. The lowest BCUT2D eigenvalue weighted by Crippen LogP contribution is -2.42. The third kappa shape index (κ3) is 3.16. The minimum Gasteiger partial charge on any atom is -0.381 e. The molecule has 2 aromatic carbocycles. The van der Waals surface area contributed by atoms with E-state index in [-0.39, 0.29) is 23.1 Å². The van der Waals surface area contributed by atoms with Crippen molar-refractivity contribution >= 4 is 11.6 Å². The van der Waals surface area contributed by atoms with E-state index in [0.717, 1.165) is 55.8 Å². The summed E-state index contributed by atoms with van der Waals surface area (Å²) in [4.78, 5) is 15.0. The highest BCUT2D eigenvalue weighted by Gasteiger charge is 2.46. The van der Waals surface area contributed by atoms with Gasteiger partial charge in [0, 0.05) is 36.8 Å². The average molecular weight is 367 g/mol. The number of benzene rings is 2. The van der Waals surface area contributed by atoms with Crippen molar-refractivity contribution in [3.05, 3.63) is 53.8 Å². The van der Waals surface area contributed by atoms with Crippen molar-refractivity contribution in [2.75, 3.05) is 24.7 Å². The summed E-state index contributed by atoms with van der Waals surface area (Å²) < 4.78 is 18.9. The van der Waals surface area contributed by atoms with Gasteiger partial charge in [0.1, 0.15) is 5.82 Å². The van der Waals surface area contributed by atoms with Crippen LogP contribution in [-0.4, -0.2) is 25.7 Å². The van der Waals surface area contributed by atoms with E-state index in [2.05, 4.69) is 19.1 Å². The Morgan fingerprint density at radius 2 is 1.81 bits per heavy atom. The average Bonchev–Trinajstić information content (AvgIpc) is 3.01. The molecule has 3 nitrogen and oxygen atoms in total. The van der Waals surface area contributed by atoms with Gasteiger partial charge in [-0.2, -0.15) is 0 Å². The van der Waals surface area contributed by atoms with Gasteiger partial charge in [0.25, 0.3) is 0 Å². The summed E-state index contributed by atoms with van der Waals surface area (Å²) in [6.07, 6.45) is 2.70. The fourth-order valence-corrected chi connectivity index (χ4v) is 4.32. The first kappa shape index (κ1) is 18.2. The van der Waals surface area contributed by atoms with Gasteiger partial charge in [-0.05, 0) is 60.2 Å². The number of carbonyl (C=O) groups is 1. The largest absolute Gasteiger partial charge is 0.381 e. The standard InChI is InChI=1S/C23H26FNO2/c1-3-16(2)22(26)25-15-23(10-12-27-13-11-23)20-14-18(6-9-21(20)25)17-4-7-19(24)8-5-17/h4-9,14,16H,3,10-13,15H2,1-2H3/t16-/m0/s1. The number of ether oxygens (including phenoxy) is 1. The zero-order valence-electron chi connectivity index (χ0n) is 16.0. The molecular weight excluding hydrogens is 341 g/mol. The summed E-state index contributed by atoms with van der Waals surface area (Å²) in [7, 11) is 0. The van der Waals surface area contributed by atoms with Gasteiger partial charge < -0.3 is 9.64 Å². The maximum Gasteiger partial charge on any atom is 0.229 e. The zero-order chi connectivity index (χ0) is 19.0. The molecule has 0 radical (unpaired) electrons. The number of hydrogen-bond donors (Lipinski definition) is 0. The van der Waals surface area contributed by atoms with E-state index in [1.54, 1.807) is 0 Å². The molecule has 2 aromatic rings. The van der Waals surface area contributed by atoms with Crippen molar-refractivity contribution in [2.24, 2.45) is 5.92 Å². The lowest BCUT2D eigenvalue weighted by molar-refractivity contribution is -0.122. The Balaban J connectivity index is 1.78. The molecule has 4 heteroatoms. The maximum absolute atomic E-state index is 13.3. The fraction of sp³-hybridized carbons (Fsp3) is 0.435. The first-order chi connectivity index (χ1) is 13.0. The maximum atomic E-state index is 13.3. The van der Waals surface area contributed by atoms with E-state index in [9.17, 15) is 9.18 Å². The van der Waals surface area contributed by atoms with Crippen molar-refractivity contribution in [1.82, 2.24) is 0 Å². The van der Waals surface area contributed by atoms with Crippen molar-refractivity contribution in [3.63, 3.8) is 0 Å². The van der Waals surface area contributed by atoms with E-state index in [1.807, 2.05) is 30.0 Å². The topological polar surface area (TPSA) is 29.5 Å². The molecule has 0 unspecified atom stereocenters. The third-order valence-electron chi connectivity index (χ3n) is 6.25. The molecule has 1 atom stereocenters. The summed E-state index contributed by atoms with van der Waals surface area (Å²) in [5, 5.41) is 0. The predicted octanol–water partition coefficient (Wildman–Crippen LogP) is 4.93. The minimum atomic E-state index is -0.230. The monoisotopic (exact) mass is 367 g/mol. The van der Waals surface area contributed by atoms with Crippen LogP contribution in [-0.2, 0) is 14.9 Å². The van der Waals surface area contributed by atoms with E-state index < -0.39 is 0 Å². The second-order valence-electron chi connectivity index (χ2n) is 7.87. The molecule has 4 rings (SSSR count). The number of nitrogens with zero attached hydrogens (tertiary/aromatic N) is 1. The summed E-state index contributed by atoms with van der Waals surface area (Å²) >= 11 is 0. The summed E-state index contributed by atoms with van der Waals surface area (Å²) in [5.74, 6) is -0.00704. The number of carbonyl (C=O) groups excluding carboxylic acids is 1. The quantitative estimate of drug-likeness (QED) is 0.769. The molecule has 142 valence electrons. The van der Waals surface area contributed by atoms with Crippen LogP contribution in [0.3, 0.4) is 0 Å². The van der Waals surface area contributed by atoms with Crippen LogP contribution in [0.5, 0.6) is 0 Å². The molecule has 1 saturated heterocycles. The van der Waals surface area contributed by atoms with Crippen LogP contribution in [0.1, 0.15) is 38.7 Å². The molecule has 0 aliphatic carbocycles. The first-order valence-electron chi connectivity index (χ1n) is 9.84. The van der Waals surface area contributed by atoms with Crippen molar-refractivity contribution in [1.29, 1.82) is 0 Å². The number of rotatable bonds is 3. The summed E-state index contributed by atoms with van der Waals surface area (Å²) in [5.41, 5.74) is 4.30. The Bertz CT molecular complexity index is 840. The van der Waals surface area contributed by atoms with Crippen LogP contribution >= 0.6 is 0 Å². The van der Waals surface area contributed by atoms with Gasteiger partial charge in [-0.15, -0.1) is 0 Å². The van der Waals surface area contributed by atoms with E-state index in [0.29, 0.717) is 0 Å². The van der Waals surface area contributed by atoms with Crippen LogP contribution in [0.15, 0.2) is 42.5 Å². The molecule has 1 spiro atoms. The zero-order valence-corrected chi connectivity index (χ0v) is 16.0. The van der Waals surface area contributed by atoms with E-state index in [1.165, 1.54) is 17.7 Å². The molecule has 2 aliphatic rings. The number of halogens is 1. The highest BCUT2D eigenvalue weighted by Crippen LogP contribution is 2.48. The SMILES string of the molecule is CC[C@H](C)C(=O)N1CC2(CCOCC2)c2cc(-c3ccc(F)cc3)ccc21. The number of amides is 1. The highest BCUT2D eigenvalue weighted by molar-refractivity contribution is 5.98. The van der Waals surface area contributed by atoms with Gasteiger partial charge >= 0.3 is 0 Å². The molecule has 0 bridgehead atoms. The number of anilines is 1. The van der Waals surface area contributed by atoms with Crippen molar-refractivity contribution in [3.8, 4) is 11.1 Å². The van der Waals surface area contributed by atoms with Crippen molar-refractivity contribution in [2.45, 2.75) is 38.5 Å². The molecular formula is C23H26FNO2. The first-order valence-corrected chi connectivity index (χ1v) is 9.84. The molecule has 0 saturated carbocycles. The fourth-order valence-electron chi connectivity index (χ4n) is 4.32. The normalized spacial score (nSPS) is 19.1. The van der Waals surface area contributed by atoms with Crippen LogP contribution in [0.4, 0.5) is 10.1 Å². The highest BCUT2D eigenvalue weighted by atomic mass is 19.1. The molecule has 0 aromatic heterocycles. The van der Waals surface area contributed by atoms with Gasteiger partial charge in [-0.25, -0.2) is 4.39 Å². The van der Waals surface area contributed by atoms with Gasteiger partial charge in [0.2, 0.25) is 5.91 Å². The number of fused-ring (bicyclic) bond motifs is 2. The lowest BCUT2D eigenvalue weighted by Gasteiger charge is -2.34. The lowest BCUT2D eigenvalue weighted by atomic mass is 9.75. The van der Waals surface area contributed by atoms with Crippen LogP contribution in [0.25, 0.3) is 11.1 Å². The Morgan fingerprint density at radius 3 is 2.48 bits per heavy atom. The van der Waals surface area contributed by atoms with Crippen LogP contribution < -0.4 is 4.90 Å². The smallest absolute Gasteiger partial charge is 0.229 e. The van der Waals surface area contributed by atoms with E-state index >= 15 is 0 Å². The molecule has 1 amide bonds. The van der Waals surface area contributed by atoms with Gasteiger partial charge in [-0.1, -0.05) is 32.0 Å². The Hall–Kier alpha value is -2.20. The predicted molar refractivity (Wildman–Crippen MR) is 105 cm³/mol. The third-order valence-corrected chi connectivity index (χ3v) is 6.25. The minimum absolute atomic E-state index is 0.0182. The number of hydrogen-bond acceptors (Lipinski definition) is 2. The van der Waals surface area contributed by atoms with Gasteiger partial charge in [0.15, 0.2) is 0 Å². The summed E-state index contributed by atoms with van der Waals surface area (Å²) in [6.45, 7) is 6.25. The molecule has 27 heavy (non-hydrogen) atoms. The van der Waals surface area contributed by atoms with Gasteiger partial charge in [0.05, 0.1) is 0 Å². The van der Waals surface area contributed by atoms with Crippen LogP contribution in [0.2, 0.25) is 0 Å². The molecule has 2 heterocycles. The molecule has 1 fully saturated rings. The van der Waals surface area contributed by atoms with Crippen molar-refractivity contribution < 1.29 is 13.9 Å². The second kappa shape index (κ2) is 7.08. The van der Waals surface area contributed by atoms with Crippen LogP contribution in [0, 0.1) is 11.7 Å². The van der Waals surface area contributed by atoms with E-state index in [4.69, 9.17) is 4.74 Å². The Kier molecular flexibility index (Phi) is 4.77. The van der Waals surface area contributed by atoms with Gasteiger partial charge in [-0.3, -0.25) is 4.79 Å². The second-order valence-corrected chi connectivity index (χ2v) is 7.87. The Morgan fingerprint density at radius 1 is 1.15 bits per heavy atom. The Labute approximate surface area is 160 Å². The molecule has 2 aliphatic heterocycles.